The Bertz CT molecular complexity index is 771. The number of carbonyl (C=O) groups excluding carboxylic acids is 1. The molecule has 1 aromatic carbocycles. The van der Waals surface area contributed by atoms with E-state index in [4.69, 9.17) is 11.6 Å². The van der Waals surface area contributed by atoms with Crippen LogP contribution in [0.25, 0.3) is 0 Å². The summed E-state index contributed by atoms with van der Waals surface area (Å²) in [5, 5.41) is -0.447. The van der Waals surface area contributed by atoms with Crippen LogP contribution >= 0.6 is 23.4 Å². The largest absolute Gasteiger partial charge is 0.462 e. The molecule has 10 heteroatoms. The number of hydrogen-bond acceptors (Lipinski definition) is 5. The van der Waals surface area contributed by atoms with Gasteiger partial charge in [-0.2, -0.15) is 13.2 Å². The maximum Gasteiger partial charge on any atom is 0.434 e. The van der Waals surface area contributed by atoms with Crippen LogP contribution in [0.1, 0.15) is 23.0 Å². The van der Waals surface area contributed by atoms with Crippen LogP contribution in [0.4, 0.5) is 17.6 Å². The number of aromatic nitrogens is 2. The van der Waals surface area contributed by atoms with Crippen molar-refractivity contribution >= 4 is 29.3 Å². The molecule has 0 fully saturated rings. The van der Waals surface area contributed by atoms with Crippen molar-refractivity contribution in [2.24, 2.45) is 0 Å². The highest BCUT2D eigenvalue weighted by atomic mass is 35.5. The Hall–Kier alpha value is -1.87. The van der Waals surface area contributed by atoms with Crippen molar-refractivity contribution < 1.29 is 27.1 Å². The average molecular weight is 381 g/mol. The number of ether oxygens (including phenoxy) is 1. The van der Waals surface area contributed by atoms with Crippen LogP contribution in [0.2, 0.25) is 5.02 Å². The molecule has 0 unspecified atom stereocenters. The molecule has 2 aromatic rings. The smallest absolute Gasteiger partial charge is 0.434 e. The molecule has 1 aromatic heterocycles. The topological polar surface area (TPSA) is 52.1 Å². The minimum atomic E-state index is -4.86. The highest BCUT2D eigenvalue weighted by Crippen LogP contribution is 2.34. The van der Waals surface area contributed by atoms with Gasteiger partial charge in [-0.3, -0.25) is 0 Å². The van der Waals surface area contributed by atoms with Gasteiger partial charge in [0.15, 0.2) is 10.9 Å². The molecule has 128 valence electrons. The lowest BCUT2D eigenvalue weighted by atomic mass is 10.2. The van der Waals surface area contributed by atoms with Gasteiger partial charge in [0.1, 0.15) is 11.4 Å². The second-order valence-corrected chi connectivity index (χ2v) is 5.76. The number of nitrogens with zero attached hydrogens (tertiary/aromatic N) is 2. The second-order valence-electron chi connectivity index (χ2n) is 4.31. The van der Waals surface area contributed by atoms with Gasteiger partial charge in [0, 0.05) is 11.1 Å². The van der Waals surface area contributed by atoms with Gasteiger partial charge in [0.25, 0.3) is 0 Å². The molecule has 0 atom stereocenters. The van der Waals surface area contributed by atoms with E-state index in [9.17, 15) is 22.4 Å². The first kappa shape index (κ1) is 18.5. The molecule has 0 N–H and O–H groups in total. The van der Waals surface area contributed by atoms with Gasteiger partial charge < -0.3 is 4.74 Å². The van der Waals surface area contributed by atoms with E-state index in [2.05, 4.69) is 14.7 Å². The maximum atomic E-state index is 13.1. The van der Waals surface area contributed by atoms with E-state index in [-0.39, 0.29) is 16.8 Å². The van der Waals surface area contributed by atoms with Crippen molar-refractivity contribution in [1.82, 2.24) is 9.97 Å². The van der Waals surface area contributed by atoms with Gasteiger partial charge >= 0.3 is 12.1 Å². The van der Waals surface area contributed by atoms with E-state index in [0.717, 1.165) is 24.0 Å². The molecule has 2 rings (SSSR count). The van der Waals surface area contributed by atoms with Gasteiger partial charge in [-0.15, -0.1) is 0 Å². The normalized spacial score (nSPS) is 11.4. The molecule has 0 amide bonds. The third-order valence-electron chi connectivity index (χ3n) is 2.63. The van der Waals surface area contributed by atoms with Crippen LogP contribution < -0.4 is 0 Å². The number of benzene rings is 1. The summed E-state index contributed by atoms with van der Waals surface area (Å²) in [5.74, 6) is -1.82. The third-order valence-corrected chi connectivity index (χ3v) is 3.79. The van der Waals surface area contributed by atoms with Crippen LogP contribution in [0.5, 0.6) is 0 Å². The van der Waals surface area contributed by atoms with E-state index < -0.39 is 29.2 Å². The molecule has 24 heavy (non-hydrogen) atoms. The van der Waals surface area contributed by atoms with Crippen LogP contribution in [-0.4, -0.2) is 22.5 Å². The fourth-order valence-electron chi connectivity index (χ4n) is 1.63. The SMILES string of the molecule is CCOC(=O)c1cnc(Sc2ccc(F)c(Cl)c2)nc1C(F)(F)F. The molecule has 0 aliphatic heterocycles. The highest BCUT2D eigenvalue weighted by molar-refractivity contribution is 7.99. The van der Waals surface area contributed by atoms with Crippen molar-refractivity contribution in [3.8, 4) is 0 Å². The van der Waals surface area contributed by atoms with Gasteiger partial charge in [-0.25, -0.2) is 19.2 Å². The average Bonchev–Trinajstić information content (AvgIpc) is 2.50. The lowest BCUT2D eigenvalue weighted by molar-refractivity contribution is -0.142. The Morgan fingerprint density at radius 2 is 2.08 bits per heavy atom. The van der Waals surface area contributed by atoms with Crippen LogP contribution in [0.15, 0.2) is 34.4 Å². The van der Waals surface area contributed by atoms with E-state index in [1.165, 1.54) is 19.1 Å². The minimum absolute atomic E-state index is 0.0826. The van der Waals surface area contributed by atoms with Gasteiger partial charge in [-0.05, 0) is 36.9 Å². The van der Waals surface area contributed by atoms with Gasteiger partial charge in [-0.1, -0.05) is 11.6 Å². The highest BCUT2D eigenvalue weighted by Gasteiger charge is 2.38. The van der Waals surface area contributed by atoms with Crippen LogP contribution in [-0.2, 0) is 10.9 Å². The first-order valence-electron chi connectivity index (χ1n) is 6.46. The summed E-state index contributed by atoms with van der Waals surface area (Å²) in [6, 6.07) is 3.63. The van der Waals surface area contributed by atoms with E-state index in [1.807, 2.05) is 0 Å². The number of rotatable bonds is 4. The van der Waals surface area contributed by atoms with Gasteiger partial charge in [0.2, 0.25) is 0 Å². The Morgan fingerprint density at radius 3 is 2.67 bits per heavy atom. The summed E-state index contributed by atoms with van der Waals surface area (Å²) < 4.78 is 57.0. The molecule has 0 spiro atoms. The first-order chi connectivity index (χ1) is 11.2. The van der Waals surface area contributed by atoms with Crippen molar-refractivity contribution in [3.63, 3.8) is 0 Å². The number of alkyl halides is 3. The molecule has 0 aliphatic carbocycles. The fourth-order valence-corrected chi connectivity index (χ4v) is 2.65. The Labute approximate surface area is 143 Å². The summed E-state index contributed by atoms with van der Waals surface area (Å²) in [4.78, 5) is 19.0. The zero-order chi connectivity index (χ0) is 17.9. The minimum Gasteiger partial charge on any atom is -0.462 e. The monoisotopic (exact) mass is 380 g/mol. The fraction of sp³-hybridized carbons (Fsp3) is 0.214. The quantitative estimate of drug-likeness (QED) is 0.440. The molecule has 0 radical (unpaired) electrons. The molecule has 4 nitrogen and oxygen atoms in total. The zero-order valence-corrected chi connectivity index (χ0v) is 13.6. The van der Waals surface area contributed by atoms with Crippen LogP contribution in [0.3, 0.4) is 0 Å². The molecule has 0 saturated heterocycles. The predicted octanol–water partition coefficient (Wildman–Crippen LogP) is 4.62. The summed E-state index contributed by atoms with van der Waals surface area (Å²) in [5.41, 5.74) is -2.17. The summed E-state index contributed by atoms with van der Waals surface area (Å²) >= 11 is 6.36. The molecule has 0 aliphatic rings. The summed E-state index contributed by atoms with van der Waals surface area (Å²) in [7, 11) is 0. The summed E-state index contributed by atoms with van der Waals surface area (Å²) in [6.45, 7) is 1.38. The lowest BCUT2D eigenvalue weighted by Crippen LogP contribution is -2.18. The Balaban J connectivity index is 2.38. The number of carbonyl (C=O) groups is 1. The standard InChI is InChI=1S/C14H9ClF4N2O2S/c1-2-23-12(22)8-6-20-13(21-11(8)14(17,18)19)24-7-3-4-10(16)9(15)5-7/h3-6H,2H2,1H3. The lowest BCUT2D eigenvalue weighted by Gasteiger charge is -2.11. The number of esters is 1. The first-order valence-corrected chi connectivity index (χ1v) is 7.66. The van der Waals surface area contributed by atoms with Crippen molar-refractivity contribution in [3.05, 3.63) is 46.5 Å². The van der Waals surface area contributed by atoms with E-state index >= 15 is 0 Å². The zero-order valence-electron chi connectivity index (χ0n) is 12.0. The molecular formula is C14H9ClF4N2O2S. The number of halogens is 5. The molecule has 0 bridgehead atoms. The number of hydrogen-bond donors (Lipinski definition) is 0. The molecule has 1 heterocycles. The van der Waals surface area contributed by atoms with Crippen molar-refractivity contribution in [2.75, 3.05) is 6.61 Å². The predicted molar refractivity (Wildman–Crippen MR) is 78.5 cm³/mol. The maximum absolute atomic E-state index is 13.1. The Morgan fingerprint density at radius 1 is 1.38 bits per heavy atom. The second kappa shape index (κ2) is 7.35. The molecule has 0 saturated carbocycles. The van der Waals surface area contributed by atoms with Crippen molar-refractivity contribution in [2.45, 2.75) is 23.2 Å². The van der Waals surface area contributed by atoms with Crippen LogP contribution in [0, 0.1) is 5.82 Å². The van der Waals surface area contributed by atoms with Gasteiger partial charge in [0.05, 0.1) is 11.6 Å². The summed E-state index contributed by atoms with van der Waals surface area (Å²) in [6.07, 6.45) is -4.11. The van der Waals surface area contributed by atoms with E-state index in [1.54, 1.807) is 0 Å². The molecular weight excluding hydrogens is 372 g/mol. The van der Waals surface area contributed by atoms with E-state index in [0.29, 0.717) is 4.90 Å². The third kappa shape index (κ3) is 4.35. The van der Waals surface area contributed by atoms with Crippen molar-refractivity contribution in [1.29, 1.82) is 0 Å². The Kier molecular flexibility index (Phi) is 5.66.